The molecule has 0 aromatic carbocycles. The maximum Gasteiger partial charge on any atom is 0.271 e. The highest BCUT2D eigenvalue weighted by Crippen LogP contribution is 2.30. The van der Waals surface area contributed by atoms with Gasteiger partial charge >= 0.3 is 0 Å². The van der Waals surface area contributed by atoms with Crippen LogP contribution in [0.3, 0.4) is 0 Å². The van der Waals surface area contributed by atoms with Crippen molar-refractivity contribution >= 4 is 11.7 Å². The average molecular weight is 259 g/mol. The Hall–Kier alpha value is -2.16. The van der Waals surface area contributed by atoms with Crippen LogP contribution in [0.1, 0.15) is 36.7 Å². The molecule has 100 valence electrons. The number of nitrogens with one attached hydrogen (secondary N) is 1. The largest absolute Gasteiger partial charge is 0.351 e. The minimum atomic E-state index is -0.212. The summed E-state index contributed by atoms with van der Waals surface area (Å²) < 4.78 is 0. The summed E-state index contributed by atoms with van der Waals surface area (Å²) in [6.07, 6.45) is 2.73. The number of nitrogens with zero attached hydrogens (tertiary/aromatic N) is 4. The molecular formula is C13H17N5O. The van der Waals surface area contributed by atoms with Gasteiger partial charge in [-0.1, -0.05) is 0 Å². The van der Waals surface area contributed by atoms with E-state index in [1.54, 1.807) is 12.1 Å². The molecule has 1 aliphatic carbocycles. The molecule has 6 heteroatoms. The van der Waals surface area contributed by atoms with Gasteiger partial charge in [-0.15, -0.1) is 10.2 Å². The number of hydrogen-bond acceptors (Lipinski definition) is 5. The molecule has 0 radical (unpaired) electrons. The number of carbonyl (C=O) groups excluding carboxylic acids is 1. The Kier molecular flexibility index (Phi) is 4.29. The van der Waals surface area contributed by atoms with E-state index in [2.05, 4.69) is 26.5 Å². The first-order valence-electron chi connectivity index (χ1n) is 6.51. The fourth-order valence-corrected chi connectivity index (χ4v) is 1.89. The third kappa shape index (κ3) is 3.41. The standard InChI is InChI=1S/C13H17N5O/c1-2-15-13(19)11-6-7-12(17-16-11)18(9-3-8-14)10-4-5-10/h6-7,10H,2-5,9H2,1H3,(H,15,19). The first-order chi connectivity index (χ1) is 9.26. The van der Waals surface area contributed by atoms with Crippen LogP contribution in [0.4, 0.5) is 5.82 Å². The van der Waals surface area contributed by atoms with Gasteiger partial charge in [0, 0.05) is 19.1 Å². The Labute approximate surface area is 112 Å². The maximum atomic E-state index is 11.6. The van der Waals surface area contributed by atoms with Crippen LogP contribution in [-0.2, 0) is 0 Å². The van der Waals surface area contributed by atoms with E-state index in [4.69, 9.17) is 5.26 Å². The number of anilines is 1. The van der Waals surface area contributed by atoms with Gasteiger partial charge in [0.25, 0.3) is 5.91 Å². The van der Waals surface area contributed by atoms with E-state index < -0.39 is 0 Å². The molecule has 0 saturated heterocycles. The third-order valence-electron chi connectivity index (χ3n) is 2.97. The topological polar surface area (TPSA) is 81.9 Å². The number of carbonyl (C=O) groups is 1. The Morgan fingerprint density at radius 2 is 2.32 bits per heavy atom. The normalized spacial score (nSPS) is 13.7. The average Bonchev–Trinajstić information content (AvgIpc) is 3.25. The summed E-state index contributed by atoms with van der Waals surface area (Å²) in [5.74, 6) is 0.530. The lowest BCUT2D eigenvalue weighted by molar-refractivity contribution is 0.0950. The van der Waals surface area contributed by atoms with Gasteiger partial charge in [0.05, 0.1) is 12.5 Å². The molecule has 1 saturated carbocycles. The molecule has 19 heavy (non-hydrogen) atoms. The lowest BCUT2D eigenvalue weighted by Crippen LogP contribution is -2.29. The summed E-state index contributed by atoms with van der Waals surface area (Å²) in [4.78, 5) is 13.7. The molecule has 1 heterocycles. The van der Waals surface area contributed by atoms with Crippen LogP contribution >= 0.6 is 0 Å². The highest BCUT2D eigenvalue weighted by Gasteiger charge is 2.29. The van der Waals surface area contributed by atoms with Crippen LogP contribution in [0.15, 0.2) is 12.1 Å². The molecule has 0 atom stereocenters. The number of aromatic nitrogens is 2. The molecule has 0 bridgehead atoms. The number of rotatable bonds is 6. The zero-order chi connectivity index (χ0) is 13.7. The monoisotopic (exact) mass is 259 g/mol. The molecule has 1 fully saturated rings. The SMILES string of the molecule is CCNC(=O)c1ccc(N(CCC#N)C2CC2)nn1. The van der Waals surface area contributed by atoms with Gasteiger partial charge in [-0.25, -0.2) is 0 Å². The van der Waals surface area contributed by atoms with E-state index in [0.29, 0.717) is 31.2 Å². The van der Waals surface area contributed by atoms with Crippen molar-refractivity contribution < 1.29 is 4.79 Å². The van der Waals surface area contributed by atoms with E-state index in [1.165, 1.54) is 0 Å². The van der Waals surface area contributed by atoms with Gasteiger partial charge < -0.3 is 10.2 Å². The summed E-state index contributed by atoms with van der Waals surface area (Å²) in [5, 5.41) is 19.4. The van der Waals surface area contributed by atoms with Gasteiger partial charge in [0.15, 0.2) is 11.5 Å². The van der Waals surface area contributed by atoms with Crippen LogP contribution in [0.5, 0.6) is 0 Å². The second-order valence-corrected chi connectivity index (χ2v) is 4.47. The summed E-state index contributed by atoms with van der Waals surface area (Å²) in [6, 6.07) is 6.09. The minimum Gasteiger partial charge on any atom is -0.351 e. The Morgan fingerprint density at radius 1 is 1.53 bits per heavy atom. The first kappa shape index (κ1) is 13.3. The molecule has 0 unspecified atom stereocenters. The van der Waals surface area contributed by atoms with Crippen LogP contribution in [0, 0.1) is 11.3 Å². The van der Waals surface area contributed by atoms with Crippen molar-refractivity contribution in [3.8, 4) is 6.07 Å². The molecule has 0 spiro atoms. The van der Waals surface area contributed by atoms with Gasteiger partial charge in [0.2, 0.25) is 0 Å². The molecule has 6 nitrogen and oxygen atoms in total. The highest BCUT2D eigenvalue weighted by atomic mass is 16.1. The highest BCUT2D eigenvalue weighted by molar-refractivity contribution is 5.92. The first-order valence-corrected chi connectivity index (χ1v) is 6.51. The van der Waals surface area contributed by atoms with Gasteiger partial charge in [-0.3, -0.25) is 4.79 Å². The summed E-state index contributed by atoms with van der Waals surface area (Å²) in [5.41, 5.74) is 0.321. The lowest BCUT2D eigenvalue weighted by atomic mass is 10.3. The predicted molar refractivity (Wildman–Crippen MR) is 70.6 cm³/mol. The van der Waals surface area contributed by atoms with E-state index >= 15 is 0 Å². The molecule has 0 aliphatic heterocycles. The Bertz CT molecular complexity index is 475. The summed E-state index contributed by atoms with van der Waals surface area (Å²) >= 11 is 0. The lowest BCUT2D eigenvalue weighted by Gasteiger charge is -2.21. The fraction of sp³-hybridized carbons (Fsp3) is 0.538. The zero-order valence-electron chi connectivity index (χ0n) is 11.0. The zero-order valence-corrected chi connectivity index (χ0v) is 11.0. The van der Waals surface area contributed by atoms with E-state index in [-0.39, 0.29) is 5.91 Å². The molecule has 1 aromatic rings. The summed E-state index contributed by atoms with van der Waals surface area (Å²) in [6.45, 7) is 3.09. The van der Waals surface area contributed by atoms with Crippen LogP contribution < -0.4 is 10.2 Å². The second-order valence-electron chi connectivity index (χ2n) is 4.47. The molecule has 1 N–H and O–H groups in total. The number of nitriles is 1. The number of hydrogen-bond donors (Lipinski definition) is 1. The number of amides is 1. The minimum absolute atomic E-state index is 0.212. The molecule has 1 amide bonds. The summed E-state index contributed by atoms with van der Waals surface area (Å²) in [7, 11) is 0. The van der Waals surface area contributed by atoms with E-state index in [1.807, 2.05) is 6.92 Å². The quantitative estimate of drug-likeness (QED) is 0.827. The van der Waals surface area contributed by atoms with Crippen LogP contribution in [-0.4, -0.2) is 35.2 Å². The van der Waals surface area contributed by atoms with Crippen molar-refractivity contribution in [1.29, 1.82) is 5.26 Å². The molecule has 2 rings (SSSR count). The maximum absolute atomic E-state index is 11.6. The molecule has 1 aliphatic rings. The van der Waals surface area contributed by atoms with Crippen LogP contribution in [0.2, 0.25) is 0 Å². The third-order valence-corrected chi connectivity index (χ3v) is 2.97. The van der Waals surface area contributed by atoms with Gasteiger partial charge in [0.1, 0.15) is 0 Å². The predicted octanol–water partition coefficient (Wildman–Crippen LogP) is 1.11. The van der Waals surface area contributed by atoms with E-state index in [9.17, 15) is 4.79 Å². The van der Waals surface area contributed by atoms with Gasteiger partial charge in [-0.05, 0) is 31.9 Å². The van der Waals surface area contributed by atoms with Gasteiger partial charge in [-0.2, -0.15) is 5.26 Å². The van der Waals surface area contributed by atoms with Crippen molar-refractivity contribution in [1.82, 2.24) is 15.5 Å². The van der Waals surface area contributed by atoms with Crippen LogP contribution in [0.25, 0.3) is 0 Å². The van der Waals surface area contributed by atoms with E-state index in [0.717, 1.165) is 18.7 Å². The Morgan fingerprint density at radius 3 is 2.84 bits per heavy atom. The molecule has 1 aromatic heterocycles. The van der Waals surface area contributed by atoms with Crippen molar-refractivity contribution in [3.05, 3.63) is 17.8 Å². The van der Waals surface area contributed by atoms with Crippen molar-refractivity contribution in [2.75, 3.05) is 18.0 Å². The van der Waals surface area contributed by atoms with Crippen molar-refractivity contribution in [3.63, 3.8) is 0 Å². The van der Waals surface area contributed by atoms with Crippen molar-refractivity contribution in [2.45, 2.75) is 32.2 Å². The molecular weight excluding hydrogens is 242 g/mol. The Balaban J connectivity index is 2.07. The second kappa shape index (κ2) is 6.14. The van der Waals surface area contributed by atoms with Crippen molar-refractivity contribution in [2.24, 2.45) is 0 Å². The smallest absolute Gasteiger partial charge is 0.271 e. The fourth-order valence-electron chi connectivity index (χ4n) is 1.89.